The zero-order valence-corrected chi connectivity index (χ0v) is 13.4. The molecular formula is C18H33NO. The molecule has 116 valence electrons. The van der Waals surface area contributed by atoms with Crippen molar-refractivity contribution in [1.82, 2.24) is 0 Å². The van der Waals surface area contributed by atoms with E-state index < -0.39 is 0 Å². The highest BCUT2D eigenvalue weighted by molar-refractivity contribution is 4.99. The van der Waals surface area contributed by atoms with Crippen LogP contribution in [0.2, 0.25) is 0 Å². The molecule has 6 unspecified atom stereocenters. The van der Waals surface area contributed by atoms with Crippen LogP contribution in [0.4, 0.5) is 0 Å². The fraction of sp³-hybridized carbons (Fsp3) is 1.00. The van der Waals surface area contributed by atoms with Gasteiger partial charge in [-0.2, -0.15) is 0 Å². The molecule has 0 spiro atoms. The summed E-state index contributed by atoms with van der Waals surface area (Å²) in [6, 6.07) is 0.259. The van der Waals surface area contributed by atoms with Gasteiger partial charge in [-0.25, -0.2) is 0 Å². The van der Waals surface area contributed by atoms with Crippen LogP contribution in [-0.2, 0) is 4.74 Å². The fourth-order valence-corrected chi connectivity index (χ4v) is 5.61. The quantitative estimate of drug-likeness (QED) is 0.821. The fourth-order valence-electron chi connectivity index (χ4n) is 5.61. The Morgan fingerprint density at radius 2 is 2.10 bits per heavy atom. The maximum Gasteiger partial charge on any atom is 0.0835 e. The molecule has 3 aliphatic carbocycles. The molecule has 3 fully saturated rings. The van der Waals surface area contributed by atoms with Gasteiger partial charge < -0.3 is 10.5 Å². The molecule has 0 amide bonds. The molecule has 0 radical (unpaired) electrons. The predicted octanol–water partition coefficient (Wildman–Crippen LogP) is 4.13. The van der Waals surface area contributed by atoms with Crippen molar-refractivity contribution < 1.29 is 4.74 Å². The first kappa shape index (κ1) is 14.8. The van der Waals surface area contributed by atoms with Gasteiger partial charge in [0.15, 0.2) is 0 Å². The minimum Gasteiger partial charge on any atom is -0.374 e. The second-order valence-electron chi connectivity index (χ2n) is 7.98. The first-order chi connectivity index (χ1) is 9.63. The van der Waals surface area contributed by atoms with Crippen LogP contribution in [0, 0.1) is 23.7 Å². The molecule has 6 atom stereocenters. The van der Waals surface area contributed by atoms with E-state index in [1.807, 2.05) is 0 Å². The molecule has 2 N–H and O–H groups in total. The van der Waals surface area contributed by atoms with Crippen LogP contribution in [0.3, 0.4) is 0 Å². The number of ether oxygens (including phenoxy) is 1. The molecule has 2 heteroatoms. The van der Waals surface area contributed by atoms with Crippen LogP contribution in [0.1, 0.15) is 71.6 Å². The lowest BCUT2D eigenvalue weighted by atomic mass is 9.71. The lowest BCUT2D eigenvalue weighted by Crippen LogP contribution is -2.53. The smallest absolute Gasteiger partial charge is 0.0835 e. The summed E-state index contributed by atoms with van der Waals surface area (Å²) in [5, 5.41) is 0. The van der Waals surface area contributed by atoms with E-state index in [0.29, 0.717) is 0 Å². The van der Waals surface area contributed by atoms with Gasteiger partial charge in [0.25, 0.3) is 0 Å². The van der Waals surface area contributed by atoms with Gasteiger partial charge in [-0.1, -0.05) is 26.2 Å². The summed E-state index contributed by atoms with van der Waals surface area (Å²) in [5.74, 6) is 3.70. The van der Waals surface area contributed by atoms with Crippen molar-refractivity contribution in [3.63, 3.8) is 0 Å². The monoisotopic (exact) mass is 279 g/mol. The molecule has 20 heavy (non-hydrogen) atoms. The zero-order valence-electron chi connectivity index (χ0n) is 13.4. The highest BCUT2D eigenvalue weighted by Crippen LogP contribution is 2.51. The third-order valence-electron chi connectivity index (χ3n) is 6.54. The lowest BCUT2D eigenvalue weighted by molar-refractivity contribution is -0.0974. The Balaban J connectivity index is 1.64. The summed E-state index contributed by atoms with van der Waals surface area (Å²) in [6.45, 7) is 5.32. The Kier molecular flexibility index (Phi) is 4.42. The van der Waals surface area contributed by atoms with E-state index in [1.54, 1.807) is 0 Å². The van der Waals surface area contributed by atoms with Crippen molar-refractivity contribution in [3.05, 3.63) is 0 Å². The zero-order chi connectivity index (χ0) is 14.2. The van der Waals surface area contributed by atoms with Crippen molar-refractivity contribution in [2.24, 2.45) is 29.4 Å². The number of hydrogen-bond acceptors (Lipinski definition) is 2. The Labute approximate surface area is 124 Å². The molecule has 0 aromatic carbocycles. The maximum absolute atomic E-state index is 6.72. The largest absolute Gasteiger partial charge is 0.374 e. The molecule has 0 saturated heterocycles. The summed E-state index contributed by atoms with van der Waals surface area (Å²) >= 11 is 0. The van der Waals surface area contributed by atoms with E-state index in [2.05, 4.69) is 13.8 Å². The molecular weight excluding hydrogens is 246 g/mol. The van der Waals surface area contributed by atoms with Gasteiger partial charge in [-0.15, -0.1) is 0 Å². The van der Waals surface area contributed by atoms with Crippen molar-refractivity contribution in [3.8, 4) is 0 Å². The van der Waals surface area contributed by atoms with E-state index in [4.69, 9.17) is 10.5 Å². The summed E-state index contributed by atoms with van der Waals surface area (Å²) in [6.07, 6.45) is 12.2. The molecule has 0 aliphatic heterocycles. The molecule has 2 bridgehead atoms. The Morgan fingerprint density at radius 1 is 1.25 bits per heavy atom. The van der Waals surface area contributed by atoms with Crippen molar-refractivity contribution in [2.75, 3.05) is 6.61 Å². The average molecular weight is 279 g/mol. The van der Waals surface area contributed by atoms with Crippen LogP contribution in [0.15, 0.2) is 0 Å². The average Bonchev–Trinajstić information content (AvgIpc) is 3.01. The van der Waals surface area contributed by atoms with Crippen LogP contribution in [-0.4, -0.2) is 18.2 Å². The van der Waals surface area contributed by atoms with E-state index in [0.717, 1.165) is 30.3 Å². The molecule has 3 aliphatic rings. The molecule has 0 aromatic heterocycles. The second-order valence-corrected chi connectivity index (χ2v) is 7.98. The SMILES string of the molecule is CCOC1(C(N)CC2CC3CCC2C3)CCCC(C)C1. The third-order valence-corrected chi connectivity index (χ3v) is 6.54. The topological polar surface area (TPSA) is 35.2 Å². The van der Waals surface area contributed by atoms with E-state index in [1.165, 1.54) is 57.8 Å². The van der Waals surface area contributed by atoms with Crippen LogP contribution >= 0.6 is 0 Å². The number of hydrogen-bond donors (Lipinski definition) is 1. The molecule has 0 heterocycles. The van der Waals surface area contributed by atoms with Crippen molar-refractivity contribution in [1.29, 1.82) is 0 Å². The number of rotatable bonds is 5. The highest BCUT2D eigenvalue weighted by Gasteiger charge is 2.45. The minimum absolute atomic E-state index is 0.00570. The number of nitrogens with two attached hydrogens (primary N) is 1. The molecule has 3 rings (SSSR count). The van der Waals surface area contributed by atoms with Gasteiger partial charge in [-0.05, 0) is 69.1 Å². The Bertz CT molecular complexity index is 327. The Hall–Kier alpha value is -0.0800. The summed E-state index contributed by atoms with van der Waals surface area (Å²) in [4.78, 5) is 0. The van der Waals surface area contributed by atoms with Crippen molar-refractivity contribution >= 4 is 0 Å². The van der Waals surface area contributed by atoms with Gasteiger partial charge >= 0.3 is 0 Å². The summed E-state index contributed by atoms with van der Waals surface area (Å²) < 4.78 is 6.27. The summed E-state index contributed by atoms with van der Waals surface area (Å²) in [7, 11) is 0. The third kappa shape index (κ3) is 2.78. The minimum atomic E-state index is -0.00570. The van der Waals surface area contributed by atoms with E-state index >= 15 is 0 Å². The van der Waals surface area contributed by atoms with Crippen LogP contribution in [0.25, 0.3) is 0 Å². The van der Waals surface area contributed by atoms with Gasteiger partial charge in [0.1, 0.15) is 0 Å². The Morgan fingerprint density at radius 3 is 2.70 bits per heavy atom. The van der Waals surface area contributed by atoms with Crippen LogP contribution < -0.4 is 5.73 Å². The molecule has 2 nitrogen and oxygen atoms in total. The first-order valence-corrected chi connectivity index (χ1v) is 9.02. The van der Waals surface area contributed by atoms with Crippen molar-refractivity contribution in [2.45, 2.75) is 83.3 Å². The lowest BCUT2D eigenvalue weighted by Gasteiger charge is -2.45. The van der Waals surface area contributed by atoms with Crippen LogP contribution in [0.5, 0.6) is 0 Å². The first-order valence-electron chi connectivity index (χ1n) is 9.02. The second kappa shape index (κ2) is 5.96. The van der Waals surface area contributed by atoms with Gasteiger partial charge in [-0.3, -0.25) is 0 Å². The molecule has 0 aromatic rings. The van der Waals surface area contributed by atoms with E-state index in [-0.39, 0.29) is 11.6 Å². The standard InChI is InChI=1S/C18H33NO/c1-3-20-18(8-4-5-13(2)12-18)17(19)11-16-10-14-6-7-15(16)9-14/h13-17H,3-12,19H2,1-2H3. The normalized spacial score (nSPS) is 45.8. The van der Waals surface area contributed by atoms with E-state index in [9.17, 15) is 0 Å². The van der Waals surface area contributed by atoms with Gasteiger partial charge in [0, 0.05) is 12.6 Å². The summed E-state index contributed by atoms with van der Waals surface area (Å²) in [5.41, 5.74) is 6.71. The van der Waals surface area contributed by atoms with Gasteiger partial charge in [0.05, 0.1) is 5.60 Å². The molecule has 3 saturated carbocycles. The van der Waals surface area contributed by atoms with Gasteiger partial charge in [0.2, 0.25) is 0 Å². The maximum atomic E-state index is 6.72. The number of fused-ring (bicyclic) bond motifs is 2. The predicted molar refractivity (Wildman–Crippen MR) is 83.5 cm³/mol. The highest BCUT2D eigenvalue weighted by atomic mass is 16.5.